The predicted octanol–water partition coefficient (Wildman–Crippen LogP) is 3.25. The molecule has 0 unspecified atom stereocenters. The molecule has 0 saturated carbocycles. The first-order chi connectivity index (χ1) is 10.7. The van der Waals surface area contributed by atoms with E-state index in [0.29, 0.717) is 5.69 Å². The second-order valence-electron chi connectivity index (χ2n) is 5.01. The maximum Gasteiger partial charge on any atom is 0.248 e. The van der Waals surface area contributed by atoms with E-state index < -0.39 is 0 Å². The Morgan fingerprint density at radius 2 is 2.18 bits per heavy atom. The van der Waals surface area contributed by atoms with Crippen LogP contribution in [0.4, 0.5) is 5.69 Å². The number of carbonyl (C=O) groups excluding carboxylic acids is 1. The summed E-state index contributed by atoms with van der Waals surface area (Å²) in [5.41, 5.74) is 3.59. The van der Waals surface area contributed by atoms with E-state index in [0.717, 1.165) is 29.9 Å². The molecule has 22 heavy (non-hydrogen) atoms. The lowest BCUT2D eigenvalue weighted by atomic mass is 10.1. The first-order valence-corrected chi connectivity index (χ1v) is 7.06. The van der Waals surface area contributed by atoms with E-state index in [1.165, 1.54) is 11.6 Å². The Kier molecular flexibility index (Phi) is 3.93. The number of nitrogens with one attached hydrogen (secondary N) is 1. The maximum absolute atomic E-state index is 11.9. The molecule has 3 rings (SSSR count). The van der Waals surface area contributed by atoms with Gasteiger partial charge < -0.3 is 10.1 Å². The monoisotopic (exact) mass is 289 g/mol. The first-order valence-electron chi connectivity index (χ1n) is 7.06. The van der Waals surface area contributed by atoms with Crippen LogP contribution >= 0.6 is 0 Å². The third kappa shape index (κ3) is 3.18. The van der Waals surface area contributed by atoms with Crippen LogP contribution in [0.2, 0.25) is 0 Å². The average Bonchev–Trinajstić information content (AvgIpc) is 3.00. The van der Waals surface area contributed by atoms with Crippen molar-refractivity contribution in [3.8, 4) is 18.1 Å². The molecule has 2 aromatic carbocycles. The van der Waals surface area contributed by atoms with Crippen molar-refractivity contribution in [3.63, 3.8) is 0 Å². The lowest BCUT2D eigenvalue weighted by molar-refractivity contribution is -0.111. The second-order valence-corrected chi connectivity index (χ2v) is 5.01. The number of carbonyl (C=O) groups is 1. The van der Waals surface area contributed by atoms with E-state index in [1.54, 1.807) is 18.2 Å². The summed E-state index contributed by atoms with van der Waals surface area (Å²) in [5, 5.41) is 2.79. The normalized spacial score (nSPS) is 12.5. The van der Waals surface area contributed by atoms with Gasteiger partial charge in [0.15, 0.2) is 0 Å². The fourth-order valence-corrected chi connectivity index (χ4v) is 2.35. The molecule has 0 fully saturated rings. The summed E-state index contributed by atoms with van der Waals surface area (Å²) >= 11 is 0. The average molecular weight is 289 g/mol. The van der Waals surface area contributed by atoms with Gasteiger partial charge in [-0.05, 0) is 47.5 Å². The molecule has 1 aliphatic rings. The van der Waals surface area contributed by atoms with Crippen molar-refractivity contribution in [1.29, 1.82) is 0 Å². The molecular weight excluding hydrogens is 274 g/mol. The van der Waals surface area contributed by atoms with E-state index >= 15 is 0 Å². The highest BCUT2D eigenvalue weighted by atomic mass is 16.5. The van der Waals surface area contributed by atoms with Crippen molar-refractivity contribution in [2.24, 2.45) is 0 Å². The van der Waals surface area contributed by atoms with Gasteiger partial charge in [0.05, 0.1) is 6.61 Å². The van der Waals surface area contributed by atoms with Crippen LogP contribution in [-0.2, 0) is 11.2 Å². The summed E-state index contributed by atoms with van der Waals surface area (Å²) in [5.74, 6) is 3.29. The molecule has 1 amide bonds. The second kappa shape index (κ2) is 6.19. The van der Waals surface area contributed by atoms with Crippen LogP contribution in [-0.4, -0.2) is 12.5 Å². The number of anilines is 1. The van der Waals surface area contributed by atoms with Crippen molar-refractivity contribution in [3.05, 3.63) is 65.2 Å². The zero-order valence-corrected chi connectivity index (χ0v) is 12.0. The van der Waals surface area contributed by atoms with Gasteiger partial charge in [0.1, 0.15) is 5.75 Å². The fraction of sp³-hybridized carbons (Fsp3) is 0.105. The maximum atomic E-state index is 11.9. The Morgan fingerprint density at radius 1 is 1.27 bits per heavy atom. The number of terminal acetylenes is 1. The molecule has 1 aliphatic heterocycles. The SMILES string of the molecule is C#Cc1cccc(NC(=O)C=Cc2ccc3c(c2)CCO3)c1. The third-order valence-electron chi connectivity index (χ3n) is 3.44. The van der Waals surface area contributed by atoms with Crippen LogP contribution in [0.1, 0.15) is 16.7 Å². The van der Waals surface area contributed by atoms with E-state index in [9.17, 15) is 4.79 Å². The van der Waals surface area contributed by atoms with Gasteiger partial charge in [-0.25, -0.2) is 0 Å². The van der Waals surface area contributed by atoms with Crippen LogP contribution in [0.5, 0.6) is 5.75 Å². The Balaban J connectivity index is 1.67. The molecule has 0 aliphatic carbocycles. The Hall–Kier alpha value is -2.99. The van der Waals surface area contributed by atoms with Crippen molar-refractivity contribution >= 4 is 17.7 Å². The molecule has 3 nitrogen and oxygen atoms in total. The molecule has 1 heterocycles. The summed E-state index contributed by atoms with van der Waals surface area (Å²) < 4.78 is 5.46. The highest BCUT2D eigenvalue weighted by Crippen LogP contribution is 2.26. The largest absolute Gasteiger partial charge is 0.493 e. The zero-order valence-electron chi connectivity index (χ0n) is 12.0. The highest BCUT2D eigenvalue weighted by molar-refractivity contribution is 6.02. The lowest BCUT2D eigenvalue weighted by Crippen LogP contribution is -2.07. The zero-order chi connectivity index (χ0) is 15.4. The van der Waals surface area contributed by atoms with Crippen LogP contribution < -0.4 is 10.1 Å². The van der Waals surface area contributed by atoms with Crippen molar-refractivity contribution in [1.82, 2.24) is 0 Å². The molecule has 0 radical (unpaired) electrons. The standard InChI is InChI=1S/C19H15NO2/c1-2-14-4-3-5-17(13-14)20-19(21)9-7-15-6-8-18-16(12-15)10-11-22-18/h1,3-9,12-13H,10-11H2,(H,20,21). The molecule has 0 bridgehead atoms. The van der Waals surface area contributed by atoms with Gasteiger partial charge in [0, 0.05) is 23.7 Å². The summed E-state index contributed by atoms with van der Waals surface area (Å²) in [4.78, 5) is 11.9. The van der Waals surface area contributed by atoms with E-state index in [4.69, 9.17) is 11.2 Å². The molecule has 1 N–H and O–H groups in total. The number of ether oxygens (including phenoxy) is 1. The summed E-state index contributed by atoms with van der Waals surface area (Å²) in [6.45, 7) is 0.731. The molecule has 0 spiro atoms. The van der Waals surface area contributed by atoms with Gasteiger partial charge in [0.2, 0.25) is 5.91 Å². The Labute approximate surface area is 129 Å². The van der Waals surface area contributed by atoms with Gasteiger partial charge in [-0.2, -0.15) is 0 Å². The van der Waals surface area contributed by atoms with Crippen LogP contribution in [0, 0.1) is 12.3 Å². The van der Waals surface area contributed by atoms with Crippen LogP contribution in [0.3, 0.4) is 0 Å². The number of hydrogen-bond acceptors (Lipinski definition) is 2. The van der Waals surface area contributed by atoms with E-state index in [1.807, 2.05) is 30.3 Å². The molecule has 108 valence electrons. The smallest absolute Gasteiger partial charge is 0.248 e. The Morgan fingerprint density at radius 3 is 3.05 bits per heavy atom. The minimum Gasteiger partial charge on any atom is -0.493 e. The van der Waals surface area contributed by atoms with E-state index in [2.05, 4.69) is 11.2 Å². The van der Waals surface area contributed by atoms with Gasteiger partial charge in [-0.1, -0.05) is 18.1 Å². The van der Waals surface area contributed by atoms with Gasteiger partial charge in [-0.15, -0.1) is 6.42 Å². The van der Waals surface area contributed by atoms with E-state index in [-0.39, 0.29) is 5.91 Å². The van der Waals surface area contributed by atoms with Crippen LogP contribution in [0.15, 0.2) is 48.5 Å². The first kappa shape index (κ1) is 14.0. The molecule has 3 heteroatoms. The quantitative estimate of drug-likeness (QED) is 0.696. The summed E-state index contributed by atoms with van der Waals surface area (Å²) in [7, 11) is 0. The van der Waals surface area contributed by atoms with Gasteiger partial charge in [0.25, 0.3) is 0 Å². The molecule has 0 aromatic heterocycles. The Bertz CT molecular complexity index is 784. The number of amides is 1. The minimum atomic E-state index is -0.189. The number of hydrogen-bond donors (Lipinski definition) is 1. The number of rotatable bonds is 3. The minimum absolute atomic E-state index is 0.189. The topological polar surface area (TPSA) is 38.3 Å². The van der Waals surface area contributed by atoms with Crippen molar-refractivity contribution in [2.75, 3.05) is 11.9 Å². The number of fused-ring (bicyclic) bond motifs is 1. The van der Waals surface area contributed by atoms with Crippen molar-refractivity contribution < 1.29 is 9.53 Å². The summed E-state index contributed by atoms with van der Waals surface area (Å²) in [6.07, 6.45) is 9.57. The molecule has 0 atom stereocenters. The summed E-state index contributed by atoms with van der Waals surface area (Å²) in [6, 6.07) is 13.1. The van der Waals surface area contributed by atoms with Crippen molar-refractivity contribution in [2.45, 2.75) is 6.42 Å². The molecule has 2 aromatic rings. The molecule has 0 saturated heterocycles. The lowest BCUT2D eigenvalue weighted by Gasteiger charge is -2.03. The molecular formula is C19H15NO2. The van der Waals surface area contributed by atoms with Crippen LogP contribution in [0.25, 0.3) is 6.08 Å². The van der Waals surface area contributed by atoms with Gasteiger partial charge in [-0.3, -0.25) is 4.79 Å². The highest BCUT2D eigenvalue weighted by Gasteiger charge is 2.11. The number of benzene rings is 2. The van der Waals surface area contributed by atoms with Gasteiger partial charge >= 0.3 is 0 Å². The third-order valence-corrected chi connectivity index (χ3v) is 3.44. The predicted molar refractivity (Wildman–Crippen MR) is 87.7 cm³/mol. The fourth-order valence-electron chi connectivity index (χ4n) is 2.35.